The number of imidazole rings is 1. The number of nitriles is 1. The van der Waals surface area contributed by atoms with Crippen LogP contribution in [0, 0.1) is 11.3 Å². The number of quaternary nitrogens is 1. The van der Waals surface area contributed by atoms with Crippen LogP contribution in [0.5, 0.6) is 0 Å². The molecule has 4 rings (SSSR count). The van der Waals surface area contributed by atoms with E-state index in [1.807, 2.05) is 27.1 Å². The Kier molecular flexibility index (Phi) is 12.6. The minimum Gasteiger partial charge on any atom is -0.554 e. The van der Waals surface area contributed by atoms with E-state index in [0.29, 0.717) is 34.5 Å². The quantitative estimate of drug-likeness (QED) is 0.102. The van der Waals surface area contributed by atoms with Crippen LogP contribution in [0.4, 0.5) is 24.7 Å². The Morgan fingerprint density at radius 3 is 2.56 bits per heavy atom. The van der Waals surface area contributed by atoms with E-state index < -0.39 is 24.3 Å². The Balaban J connectivity index is 0.00000201. The number of carbonyl (C=O) groups is 3. The van der Waals surface area contributed by atoms with E-state index in [-0.39, 0.29) is 35.9 Å². The molecule has 0 unspecified atom stereocenters. The fourth-order valence-electron chi connectivity index (χ4n) is 5.08. The molecular weight excluding hydrogens is 635 g/mol. The van der Waals surface area contributed by atoms with E-state index >= 15 is 0 Å². The summed E-state index contributed by atoms with van der Waals surface area (Å²) in [6.45, 7) is 2.38. The Morgan fingerprint density at radius 1 is 1.19 bits per heavy atom. The zero-order valence-corrected chi connectivity index (χ0v) is 26.6. The number of nitrogens with one attached hydrogen (secondary N) is 2. The lowest BCUT2D eigenvalue weighted by Gasteiger charge is -2.27. The van der Waals surface area contributed by atoms with Crippen LogP contribution in [0.25, 0.3) is 16.9 Å². The number of carboxylic acids is 1. The summed E-state index contributed by atoms with van der Waals surface area (Å²) in [5.74, 6) is -0.730. The number of hydrogen-bond acceptors (Lipinski definition) is 9. The Labute approximate surface area is 274 Å². The fraction of sp³-hybridized carbons (Fsp3) is 0.387. The van der Waals surface area contributed by atoms with Crippen molar-refractivity contribution in [3.8, 4) is 17.3 Å². The number of benzene rings is 1. The first kappa shape index (κ1) is 37.0. The summed E-state index contributed by atoms with van der Waals surface area (Å²) in [5.41, 5.74) is 1.02. The van der Waals surface area contributed by atoms with Gasteiger partial charge in [0.2, 0.25) is 0 Å². The number of anilines is 2. The molecule has 0 bridgehead atoms. The SMILES string of the molecule is CCc1cc(Nc2nccn3c(-c4cn(CC#N)nc4C(F)(F)F)cnc23)ccc1C(=O)NCCCCC[N+](C)(C)CC(=O)O.O=C[O-]. The minimum absolute atomic E-state index is 0.0647. The van der Waals surface area contributed by atoms with Gasteiger partial charge in [-0.1, -0.05) is 6.92 Å². The van der Waals surface area contributed by atoms with Crippen molar-refractivity contribution in [1.82, 2.24) is 29.5 Å². The van der Waals surface area contributed by atoms with Gasteiger partial charge < -0.3 is 30.1 Å². The first-order valence-corrected chi connectivity index (χ1v) is 14.9. The van der Waals surface area contributed by atoms with E-state index in [9.17, 15) is 22.8 Å². The fourth-order valence-corrected chi connectivity index (χ4v) is 5.08. The van der Waals surface area contributed by atoms with Crippen molar-refractivity contribution in [2.24, 2.45) is 0 Å². The molecule has 0 saturated carbocycles. The third-order valence-corrected chi connectivity index (χ3v) is 7.25. The number of carboxylic acid groups (broad SMARTS) is 2. The summed E-state index contributed by atoms with van der Waals surface area (Å²) in [7, 11) is 3.76. The highest BCUT2D eigenvalue weighted by Crippen LogP contribution is 2.37. The van der Waals surface area contributed by atoms with Gasteiger partial charge in [0.05, 0.1) is 44.2 Å². The average Bonchev–Trinajstić information content (AvgIpc) is 3.64. The van der Waals surface area contributed by atoms with E-state index in [1.165, 1.54) is 29.2 Å². The monoisotopic (exact) mass is 671 g/mol. The molecule has 3 N–H and O–H groups in total. The van der Waals surface area contributed by atoms with Gasteiger partial charge in [-0.3, -0.25) is 13.9 Å². The molecule has 14 nitrogen and oxygen atoms in total. The van der Waals surface area contributed by atoms with Gasteiger partial charge in [-0.15, -0.1) is 0 Å². The van der Waals surface area contributed by atoms with E-state index in [4.69, 9.17) is 20.3 Å². The predicted molar refractivity (Wildman–Crippen MR) is 166 cm³/mol. The van der Waals surface area contributed by atoms with E-state index in [0.717, 1.165) is 36.1 Å². The normalized spacial score (nSPS) is 11.4. The maximum Gasteiger partial charge on any atom is 0.435 e. The van der Waals surface area contributed by atoms with Crippen LogP contribution in [0.2, 0.25) is 0 Å². The number of hydrogen-bond donors (Lipinski definition) is 3. The number of rotatable bonds is 14. The molecule has 1 amide bonds. The van der Waals surface area contributed by atoms with Crippen molar-refractivity contribution in [2.45, 2.75) is 45.3 Å². The number of carbonyl (C=O) groups excluding carboxylic acids is 2. The lowest BCUT2D eigenvalue weighted by atomic mass is 10.0. The summed E-state index contributed by atoms with van der Waals surface area (Å²) < 4.78 is 44.1. The first-order chi connectivity index (χ1) is 22.7. The van der Waals surface area contributed by atoms with Crippen LogP contribution >= 0.6 is 0 Å². The summed E-state index contributed by atoms with van der Waals surface area (Å²) in [6, 6.07) is 7.04. The molecule has 0 spiro atoms. The van der Waals surface area contributed by atoms with Crippen LogP contribution in [-0.2, 0) is 28.7 Å². The number of amides is 1. The van der Waals surface area contributed by atoms with Crippen LogP contribution < -0.4 is 15.7 Å². The predicted octanol–water partition coefficient (Wildman–Crippen LogP) is 2.87. The topological polar surface area (TPSA) is 190 Å². The zero-order valence-electron chi connectivity index (χ0n) is 26.6. The average molecular weight is 672 g/mol. The van der Waals surface area contributed by atoms with Gasteiger partial charge in [-0.25, -0.2) is 14.8 Å². The van der Waals surface area contributed by atoms with Gasteiger partial charge in [0, 0.05) is 42.9 Å². The van der Waals surface area contributed by atoms with Crippen molar-refractivity contribution in [3.63, 3.8) is 0 Å². The second-order valence-electron chi connectivity index (χ2n) is 11.3. The molecule has 0 atom stereocenters. The largest absolute Gasteiger partial charge is 0.554 e. The molecule has 0 aliphatic rings. The molecule has 256 valence electrons. The van der Waals surface area contributed by atoms with Crippen LogP contribution in [0.15, 0.2) is 43.0 Å². The molecule has 0 aliphatic heterocycles. The van der Waals surface area contributed by atoms with Gasteiger partial charge in [-0.05, 0) is 49.4 Å². The van der Waals surface area contributed by atoms with Gasteiger partial charge in [0.25, 0.3) is 5.91 Å². The number of likely N-dealkylation sites (N-methyl/N-ethyl adjacent to an activating group) is 1. The first-order valence-electron chi connectivity index (χ1n) is 14.9. The van der Waals surface area contributed by atoms with Gasteiger partial charge in [-0.2, -0.15) is 23.5 Å². The second kappa shape index (κ2) is 16.4. The number of alkyl halides is 3. The van der Waals surface area contributed by atoms with Crippen molar-refractivity contribution in [2.75, 3.05) is 39.0 Å². The van der Waals surface area contributed by atoms with Crippen molar-refractivity contribution in [1.29, 1.82) is 5.26 Å². The number of aliphatic carboxylic acids is 1. The molecule has 1 aromatic carbocycles. The second-order valence-corrected chi connectivity index (χ2v) is 11.3. The molecule has 0 saturated heterocycles. The highest BCUT2D eigenvalue weighted by molar-refractivity contribution is 5.96. The van der Waals surface area contributed by atoms with Crippen LogP contribution in [0.1, 0.15) is 47.8 Å². The van der Waals surface area contributed by atoms with Gasteiger partial charge in [0.15, 0.2) is 23.7 Å². The van der Waals surface area contributed by atoms with E-state index in [1.54, 1.807) is 18.2 Å². The number of halogens is 3. The maximum atomic E-state index is 13.8. The summed E-state index contributed by atoms with van der Waals surface area (Å²) in [6.07, 6.45) is 3.71. The molecule has 0 aliphatic carbocycles. The summed E-state index contributed by atoms with van der Waals surface area (Å²) in [4.78, 5) is 40.8. The van der Waals surface area contributed by atoms with Gasteiger partial charge in [0.1, 0.15) is 6.54 Å². The molecule has 4 aromatic rings. The summed E-state index contributed by atoms with van der Waals surface area (Å²) in [5, 5.41) is 35.9. The molecule has 3 heterocycles. The van der Waals surface area contributed by atoms with E-state index in [2.05, 4.69) is 25.7 Å². The number of aryl methyl sites for hydroxylation is 1. The van der Waals surface area contributed by atoms with Crippen molar-refractivity contribution in [3.05, 3.63) is 59.8 Å². The zero-order chi connectivity index (χ0) is 35.5. The molecule has 48 heavy (non-hydrogen) atoms. The number of unbranched alkanes of at least 4 members (excludes halogenated alkanes) is 2. The smallest absolute Gasteiger partial charge is 0.435 e. The highest BCUT2D eigenvalue weighted by Gasteiger charge is 2.38. The Morgan fingerprint density at radius 2 is 1.92 bits per heavy atom. The van der Waals surface area contributed by atoms with Crippen molar-refractivity contribution < 1.29 is 42.3 Å². The molecular formula is C31H36F3N9O5. The third-order valence-electron chi connectivity index (χ3n) is 7.25. The van der Waals surface area contributed by atoms with Crippen LogP contribution in [0.3, 0.4) is 0 Å². The molecule has 3 aromatic heterocycles. The van der Waals surface area contributed by atoms with Gasteiger partial charge >= 0.3 is 12.1 Å². The third kappa shape index (κ3) is 9.75. The minimum atomic E-state index is -4.74. The Hall–Kier alpha value is -5.50. The lowest BCUT2D eigenvalue weighted by molar-refractivity contribution is -0.883. The number of nitrogens with zero attached hydrogens (tertiary/aromatic N) is 7. The Bertz CT molecular complexity index is 1780. The number of fused-ring (bicyclic) bond motifs is 1. The number of aromatic nitrogens is 5. The molecule has 0 radical (unpaired) electrons. The molecule has 17 heteroatoms. The standard InChI is InChI=1S/C30H34F3N9O3.CH2O2/c1-4-20-16-21(8-9-22(20)29(45)36-11-6-5-7-15-42(2,3)19-25(43)44)38-27-28-37-17-24(41(28)14-12-35-27)23-18-40(13-10-34)39-26(23)30(31,32)33;2-1-3/h8-9,12,14,16-18H,4-7,11,13,15,19H2,1-3H3,(H2-,35,36,38,43,44,45);1H,(H,2,3). The van der Waals surface area contributed by atoms with Crippen molar-refractivity contribution >= 4 is 35.5 Å². The van der Waals surface area contributed by atoms with Crippen LogP contribution in [-0.4, -0.2) is 85.8 Å². The summed E-state index contributed by atoms with van der Waals surface area (Å²) >= 11 is 0. The maximum absolute atomic E-state index is 13.8. The molecule has 0 fully saturated rings. The lowest BCUT2D eigenvalue weighted by Crippen LogP contribution is -2.44. The highest BCUT2D eigenvalue weighted by atomic mass is 19.4.